The largest absolute Gasteiger partial charge is 0.396 e. The van der Waals surface area contributed by atoms with E-state index in [9.17, 15) is 0 Å². The van der Waals surface area contributed by atoms with Gasteiger partial charge in [-0.15, -0.1) is 0 Å². The summed E-state index contributed by atoms with van der Waals surface area (Å²) in [4.78, 5) is 0. The first kappa shape index (κ1) is 13.9. The molecule has 0 aromatic heterocycles. The highest BCUT2D eigenvalue weighted by atomic mass is 16.5. The van der Waals surface area contributed by atoms with Crippen LogP contribution in [0.5, 0.6) is 0 Å². The Kier molecular flexibility index (Phi) is 6.33. The minimum absolute atomic E-state index is 0.146. The Morgan fingerprint density at radius 3 is 2.36 bits per heavy atom. The van der Waals surface area contributed by atoms with Gasteiger partial charge in [-0.05, 0) is 39.0 Å². The van der Waals surface area contributed by atoms with Gasteiger partial charge >= 0.3 is 0 Å². The van der Waals surface area contributed by atoms with E-state index in [1.165, 1.54) is 0 Å². The lowest BCUT2D eigenvalue weighted by Gasteiger charge is -2.31. The molecule has 0 aliphatic rings. The monoisotopic (exact) mass is 203 g/mol. The lowest BCUT2D eigenvalue weighted by atomic mass is 9.85. The molecule has 3 N–H and O–H groups in total. The average Bonchev–Trinajstić information content (AvgIpc) is 2.16. The van der Waals surface area contributed by atoms with Crippen LogP contribution in [0.2, 0.25) is 0 Å². The standard InChI is InChI=1S/C11H25NO2/c1-5-10(12)9(6-7-13)8-11(2,3)14-4/h9-10,13H,5-8,12H2,1-4H3. The van der Waals surface area contributed by atoms with Crippen LogP contribution >= 0.6 is 0 Å². The molecule has 0 amide bonds. The molecule has 3 heteroatoms. The first-order valence-corrected chi connectivity index (χ1v) is 5.38. The molecule has 0 aliphatic carbocycles. The highest BCUT2D eigenvalue weighted by Crippen LogP contribution is 2.24. The van der Waals surface area contributed by atoms with Gasteiger partial charge in [-0.3, -0.25) is 0 Å². The van der Waals surface area contributed by atoms with Crippen molar-refractivity contribution < 1.29 is 9.84 Å². The zero-order valence-corrected chi connectivity index (χ0v) is 9.92. The Hall–Kier alpha value is -0.120. The Balaban J connectivity index is 4.21. The van der Waals surface area contributed by atoms with Crippen molar-refractivity contribution in [2.24, 2.45) is 11.7 Å². The number of nitrogens with two attached hydrogens (primary N) is 1. The first-order chi connectivity index (χ1) is 6.46. The van der Waals surface area contributed by atoms with Gasteiger partial charge in [0.25, 0.3) is 0 Å². The lowest BCUT2D eigenvalue weighted by molar-refractivity contribution is -0.00417. The molecule has 0 radical (unpaired) electrons. The van der Waals surface area contributed by atoms with Gasteiger partial charge in [-0.1, -0.05) is 6.92 Å². The molecule has 0 fully saturated rings. The number of aliphatic hydroxyl groups excluding tert-OH is 1. The van der Waals surface area contributed by atoms with Gasteiger partial charge in [-0.25, -0.2) is 0 Å². The molecule has 3 nitrogen and oxygen atoms in total. The summed E-state index contributed by atoms with van der Waals surface area (Å²) >= 11 is 0. The van der Waals surface area contributed by atoms with Gasteiger partial charge in [0.1, 0.15) is 0 Å². The van der Waals surface area contributed by atoms with Crippen molar-refractivity contribution in [3.05, 3.63) is 0 Å². The van der Waals surface area contributed by atoms with Crippen LogP contribution in [-0.4, -0.2) is 30.5 Å². The van der Waals surface area contributed by atoms with Gasteiger partial charge in [-0.2, -0.15) is 0 Å². The highest BCUT2D eigenvalue weighted by Gasteiger charge is 2.25. The fourth-order valence-electron chi connectivity index (χ4n) is 1.68. The Bertz CT molecular complexity index is 148. The van der Waals surface area contributed by atoms with Gasteiger partial charge < -0.3 is 15.6 Å². The van der Waals surface area contributed by atoms with Gasteiger partial charge in [0.05, 0.1) is 5.60 Å². The van der Waals surface area contributed by atoms with E-state index >= 15 is 0 Å². The van der Waals surface area contributed by atoms with Crippen LogP contribution in [0.1, 0.15) is 40.0 Å². The van der Waals surface area contributed by atoms with Crippen molar-refractivity contribution in [3.63, 3.8) is 0 Å². The topological polar surface area (TPSA) is 55.5 Å². The molecule has 0 aromatic carbocycles. The number of hydrogen-bond acceptors (Lipinski definition) is 3. The first-order valence-electron chi connectivity index (χ1n) is 5.38. The van der Waals surface area contributed by atoms with Crippen LogP contribution in [0.4, 0.5) is 0 Å². The molecule has 0 aliphatic heterocycles. The maximum Gasteiger partial charge on any atom is 0.0626 e. The number of rotatable bonds is 7. The van der Waals surface area contributed by atoms with Crippen molar-refractivity contribution in [3.8, 4) is 0 Å². The van der Waals surface area contributed by atoms with Crippen LogP contribution in [0.25, 0.3) is 0 Å². The summed E-state index contributed by atoms with van der Waals surface area (Å²) in [5.41, 5.74) is 5.85. The smallest absolute Gasteiger partial charge is 0.0626 e. The molecular weight excluding hydrogens is 178 g/mol. The maximum absolute atomic E-state index is 8.95. The predicted octanol–water partition coefficient (Wildman–Crippen LogP) is 1.54. The second kappa shape index (κ2) is 6.38. The van der Waals surface area contributed by atoms with E-state index in [1.807, 2.05) is 0 Å². The molecular formula is C11H25NO2. The van der Waals surface area contributed by atoms with E-state index in [1.54, 1.807) is 7.11 Å². The van der Waals surface area contributed by atoms with E-state index in [2.05, 4.69) is 20.8 Å². The van der Waals surface area contributed by atoms with Crippen molar-refractivity contribution >= 4 is 0 Å². The summed E-state index contributed by atoms with van der Waals surface area (Å²) in [6.45, 7) is 6.40. The fourth-order valence-corrected chi connectivity index (χ4v) is 1.68. The van der Waals surface area contributed by atoms with E-state index < -0.39 is 0 Å². The average molecular weight is 203 g/mol. The van der Waals surface area contributed by atoms with Gasteiger partial charge in [0.15, 0.2) is 0 Å². The molecule has 2 unspecified atom stereocenters. The Morgan fingerprint density at radius 1 is 1.43 bits per heavy atom. The second-order valence-corrected chi connectivity index (χ2v) is 4.51. The Morgan fingerprint density at radius 2 is 2.00 bits per heavy atom. The zero-order valence-electron chi connectivity index (χ0n) is 9.92. The summed E-state index contributed by atoms with van der Waals surface area (Å²) in [7, 11) is 1.72. The predicted molar refractivity (Wildman–Crippen MR) is 59.2 cm³/mol. The summed E-state index contributed by atoms with van der Waals surface area (Å²) in [5, 5.41) is 8.95. The third-order valence-corrected chi connectivity index (χ3v) is 2.88. The molecule has 0 saturated carbocycles. The SMILES string of the molecule is CCC(N)C(CCO)CC(C)(C)OC. The number of hydrogen-bond donors (Lipinski definition) is 2. The summed E-state index contributed by atoms with van der Waals surface area (Å²) < 4.78 is 5.37. The molecule has 0 aromatic rings. The van der Waals surface area contributed by atoms with E-state index in [0.29, 0.717) is 5.92 Å². The molecule has 0 heterocycles. The van der Waals surface area contributed by atoms with Crippen LogP contribution < -0.4 is 5.73 Å². The minimum Gasteiger partial charge on any atom is -0.396 e. The van der Waals surface area contributed by atoms with Crippen molar-refractivity contribution in [2.75, 3.05) is 13.7 Å². The summed E-state index contributed by atoms with van der Waals surface area (Å²) in [5.74, 6) is 0.347. The highest BCUT2D eigenvalue weighted by molar-refractivity contribution is 4.79. The third kappa shape index (κ3) is 4.94. The second-order valence-electron chi connectivity index (χ2n) is 4.51. The van der Waals surface area contributed by atoms with Crippen molar-refractivity contribution in [1.29, 1.82) is 0 Å². The van der Waals surface area contributed by atoms with Crippen LogP contribution in [0.3, 0.4) is 0 Å². The summed E-state index contributed by atoms with van der Waals surface area (Å²) in [6.07, 6.45) is 2.62. The molecule has 0 spiro atoms. The van der Waals surface area contributed by atoms with Gasteiger partial charge in [0.2, 0.25) is 0 Å². The van der Waals surface area contributed by atoms with Crippen molar-refractivity contribution in [2.45, 2.75) is 51.7 Å². The normalized spacial score (nSPS) is 16.7. The van der Waals surface area contributed by atoms with E-state index in [4.69, 9.17) is 15.6 Å². The molecule has 86 valence electrons. The zero-order chi connectivity index (χ0) is 11.2. The molecule has 0 rings (SSSR count). The molecule has 14 heavy (non-hydrogen) atoms. The van der Waals surface area contributed by atoms with Gasteiger partial charge in [0, 0.05) is 19.8 Å². The van der Waals surface area contributed by atoms with E-state index in [0.717, 1.165) is 19.3 Å². The molecule has 0 saturated heterocycles. The van der Waals surface area contributed by atoms with Crippen LogP contribution in [-0.2, 0) is 4.74 Å². The third-order valence-electron chi connectivity index (χ3n) is 2.88. The molecule has 2 atom stereocenters. The lowest BCUT2D eigenvalue weighted by Crippen LogP contribution is -2.36. The fraction of sp³-hybridized carbons (Fsp3) is 1.00. The number of methoxy groups -OCH3 is 1. The van der Waals surface area contributed by atoms with E-state index in [-0.39, 0.29) is 18.2 Å². The summed E-state index contributed by atoms with van der Waals surface area (Å²) in [6, 6.07) is 0.163. The Labute approximate surface area is 87.6 Å². The van der Waals surface area contributed by atoms with Crippen LogP contribution in [0, 0.1) is 5.92 Å². The quantitative estimate of drug-likeness (QED) is 0.660. The molecule has 0 bridgehead atoms. The number of ether oxygens (including phenoxy) is 1. The van der Waals surface area contributed by atoms with Crippen molar-refractivity contribution in [1.82, 2.24) is 0 Å². The van der Waals surface area contributed by atoms with Crippen LogP contribution in [0.15, 0.2) is 0 Å². The minimum atomic E-state index is -0.146. The maximum atomic E-state index is 8.95. The number of aliphatic hydroxyl groups is 1.